The van der Waals surface area contributed by atoms with Crippen molar-refractivity contribution in [3.8, 4) is 33.4 Å². The molecule has 10 aromatic rings. The number of anilines is 5. The van der Waals surface area contributed by atoms with E-state index in [1.807, 2.05) is 0 Å². The summed E-state index contributed by atoms with van der Waals surface area (Å²) >= 11 is 0. The number of fused-ring (bicyclic) bond motifs is 7. The van der Waals surface area contributed by atoms with Crippen molar-refractivity contribution in [2.75, 3.05) is 9.80 Å². The van der Waals surface area contributed by atoms with E-state index in [0.717, 1.165) is 33.6 Å². The van der Waals surface area contributed by atoms with Gasteiger partial charge in [-0.3, -0.25) is 0 Å². The van der Waals surface area contributed by atoms with Gasteiger partial charge in [-0.15, -0.1) is 0 Å². The standard InChI is InChI=1S/C53H32N2O/c1-3-13-36(14-4-1)54(37-15-5-2-6-16-37)38-27-22-33(23-28-38)34-24-29-39(30-25-34)55-46-20-11-12-35-26-31-42-49-51-43(32-44-41-18-8-10-21-47(41)56-52(44)49)40-17-7-9-19-45(40)53(51,55)50(42)48(35)46/h1-32H. The SMILES string of the molecule is c1ccc(N(c2ccccc2)c2ccc(-c3ccc(N4c5cccc6ccc7c(c56)C45c4ccccc4-c4cc6c(oc8ccccc86)c-7c45)cc3)cc2)cc1. The molecule has 1 unspecified atom stereocenters. The molecule has 260 valence electrons. The Morgan fingerprint density at radius 1 is 0.464 bits per heavy atom. The molecule has 56 heavy (non-hydrogen) atoms. The van der Waals surface area contributed by atoms with E-state index < -0.39 is 5.54 Å². The van der Waals surface area contributed by atoms with Crippen molar-refractivity contribution in [1.82, 2.24) is 0 Å². The lowest BCUT2D eigenvalue weighted by atomic mass is 9.83. The van der Waals surface area contributed by atoms with Gasteiger partial charge in [0.15, 0.2) is 0 Å². The molecular weight excluding hydrogens is 681 g/mol. The molecule has 1 spiro atoms. The van der Waals surface area contributed by atoms with Crippen molar-refractivity contribution in [2.45, 2.75) is 5.54 Å². The normalized spacial score (nSPS) is 15.5. The van der Waals surface area contributed by atoms with Gasteiger partial charge >= 0.3 is 0 Å². The fourth-order valence-electron chi connectivity index (χ4n) is 10.3. The zero-order valence-electron chi connectivity index (χ0n) is 30.3. The van der Waals surface area contributed by atoms with E-state index in [1.54, 1.807) is 0 Å². The van der Waals surface area contributed by atoms with Gasteiger partial charge in [0.1, 0.15) is 16.7 Å². The fraction of sp³-hybridized carbons (Fsp3) is 0.0189. The van der Waals surface area contributed by atoms with Crippen molar-refractivity contribution >= 4 is 61.1 Å². The number of hydrogen-bond acceptors (Lipinski definition) is 3. The van der Waals surface area contributed by atoms with Crippen molar-refractivity contribution in [1.29, 1.82) is 0 Å². The molecule has 1 aromatic heterocycles. The Kier molecular flexibility index (Phi) is 5.83. The number of nitrogens with zero attached hydrogens (tertiary/aromatic N) is 2. The van der Waals surface area contributed by atoms with Gasteiger partial charge in [-0.25, -0.2) is 0 Å². The molecule has 0 saturated carbocycles. The van der Waals surface area contributed by atoms with Crippen molar-refractivity contribution < 1.29 is 4.42 Å². The van der Waals surface area contributed by atoms with Crippen LogP contribution in [0.5, 0.6) is 0 Å². The monoisotopic (exact) mass is 712 g/mol. The summed E-state index contributed by atoms with van der Waals surface area (Å²) in [5.41, 5.74) is 18.7. The van der Waals surface area contributed by atoms with Gasteiger partial charge in [0, 0.05) is 55.6 Å². The van der Waals surface area contributed by atoms with Crippen LogP contribution in [0.1, 0.15) is 16.7 Å². The molecule has 3 aliphatic rings. The Balaban J connectivity index is 0.981. The van der Waals surface area contributed by atoms with Crippen LogP contribution in [-0.4, -0.2) is 0 Å². The lowest BCUT2D eigenvalue weighted by Crippen LogP contribution is -2.39. The van der Waals surface area contributed by atoms with Crippen LogP contribution in [0, 0.1) is 0 Å². The molecule has 3 nitrogen and oxygen atoms in total. The molecule has 0 N–H and O–H groups in total. The summed E-state index contributed by atoms with van der Waals surface area (Å²) in [5, 5.41) is 4.94. The van der Waals surface area contributed by atoms with Crippen molar-refractivity contribution in [3.05, 3.63) is 211 Å². The highest BCUT2D eigenvalue weighted by Gasteiger charge is 2.60. The molecular formula is C53H32N2O. The summed E-state index contributed by atoms with van der Waals surface area (Å²) in [4.78, 5) is 4.94. The zero-order chi connectivity index (χ0) is 36.5. The minimum absolute atomic E-state index is 0.519. The van der Waals surface area contributed by atoms with Crippen LogP contribution >= 0.6 is 0 Å². The minimum Gasteiger partial charge on any atom is -0.455 e. The van der Waals surface area contributed by atoms with Crippen LogP contribution in [0.15, 0.2) is 199 Å². The fourth-order valence-corrected chi connectivity index (χ4v) is 10.3. The first kappa shape index (κ1) is 30.0. The number of hydrogen-bond donors (Lipinski definition) is 0. The Bertz CT molecular complexity index is 3200. The largest absolute Gasteiger partial charge is 0.455 e. The molecule has 3 heteroatoms. The van der Waals surface area contributed by atoms with Crippen LogP contribution < -0.4 is 9.80 Å². The summed E-state index contributed by atoms with van der Waals surface area (Å²) in [6, 6.07) is 70.7. The van der Waals surface area contributed by atoms with E-state index in [1.165, 1.54) is 77.6 Å². The average molecular weight is 713 g/mol. The number of benzene rings is 9. The van der Waals surface area contributed by atoms with E-state index in [9.17, 15) is 0 Å². The predicted molar refractivity (Wildman–Crippen MR) is 231 cm³/mol. The van der Waals surface area contributed by atoms with Gasteiger partial charge in [0.25, 0.3) is 0 Å². The van der Waals surface area contributed by atoms with Crippen molar-refractivity contribution in [3.63, 3.8) is 0 Å². The van der Waals surface area contributed by atoms with E-state index in [2.05, 4.69) is 204 Å². The number of furan rings is 1. The quantitative estimate of drug-likeness (QED) is 0.177. The first-order valence-corrected chi connectivity index (χ1v) is 19.4. The summed E-state index contributed by atoms with van der Waals surface area (Å²) in [5.74, 6) is 0. The van der Waals surface area contributed by atoms with Gasteiger partial charge < -0.3 is 14.2 Å². The first-order chi connectivity index (χ1) is 27.8. The number of rotatable bonds is 5. The molecule has 1 aliphatic heterocycles. The van der Waals surface area contributed by atoms with E-state index in [4.69, 9.17) is 4.42 Å². The zero-order valence-corrected chi connectivity index (χ0v) is 30.3. The van der Waals surface area contributed by atoms with Gasteiger partial charge in [0.05, 0.1) is 5.69 Å². The predicted octanol–water partition coefficient (Wildman–Crippen LogP) is 14.3. The molecule has 2 aliphatic carbocycles. The highest BCUT2D eigenvalue weighted by molar-refractivity contribution is 6.21. The van der Waals surface area contributed by atoms with Crippen LogP contribution in [0.2, 0.25) is 0 Å². The molecule has 0 bridgehead atoms. The van der Waals surface area contributed by atoms with E-state index in [0.29, 0.717) is 0 Å². The Labute approximate surface area is 323 Å². The number of para-hydroxylation sites is 3. The third-order valence-corrected chi connectivity index (χ3v) is 12.5. The molecule has 9 aromatic carbocycles. The maximum Gasteiger partial charge on any atom is 0.143 e. The second-order valence-corrected chi connectivity index (χ2v) is 15.2. The summed E-state index contributed by atoms with van der Waals surface area (Å²) in [6.07, 6.45) is 0. The minimum atomic E-state index is -0.519. The molecule has 1 atom stereocenters. The second kappa shape index (κ2) is 10.9. The van der Waals surface area contributed by atoms with Crippen LogP contribution in [-0.2, 0) is 5.54 Å². The molecule has 0 saturated heterocycles. The summed E-state index contributed by atoms with van der Waals surface area (Å²) in [6.45, 7) is 0. The van der Waals surface area contributed by atoms with Gasteiger partial charge in [0.2, 0.25) is 0 Å². The Hall–Kier alpha value is -7.36. The van der Waals surface area contributed by atoms with Gasteiger partial charge in [-0.1, -0.05) is 127 Å². The maximum atomic E-state index is 6.82. The lowest BCUT2D eigenvalue weighted by Gasteiger charge is -2.39. The molecule has 13 rings (SSSR count). The summed E-state index contributed by atoms with van der Waals surface area (Å²) in [7, 11) is 0. The van der Waals surface area contributed by atoms with E-state index >= 15 is 0 Å². The highest BCUT2D eigenvalue weighted by atomic mass is 16.3. The van der Waals surface area contributed by atoms with Crippen molar-refractivity contribution in [2.24, 2.45) is 0 Å². The molecule has 0 fully saturated rings. The lowest BCUT2D eigenvalue weighted by molar-refractivity contribution is 0.665. The first-order valence-electron chi connectivity index (χ1n) is 19.4. The Morgan fingerprint density at radius 3 is 1.89 bits per heavy atom. The third kappa shape index (κ3) is 3.72. The van der Waals surface area contributed by atoms with Gasteiger partial charge in [-0.2, -0.15) is 0 Å². The topological polar surface area (TPSA) is 19.6 Å². The average Bonchev–Trinajstić information content (AvgIpc) is 3.97. The smallest absolute Gasteiger partial charge is 0.143 e. The van der Waals surface area contributed by atoms with Crippen LogP contribution in [0.3, 0.4) is 0 Å². The molecule has 0 amide bonds. The molecule has 0 radical (unpaired) electrons. The van der Waals surface area contributed by atoms with Crippen LogP contribution in [0.25, 0.3) is 66.1 Å². The third-order valence-electron chi connectivity index (χ3n) is 12.5. The Morgan fingerprint density at radius 2 is 1.12 bits per heavy atom. The van der Waals surface area contributed by atoms with Gasteiger partial charge in [-0.05, 0) is 105 Å². The highest BCUT2D eigenvalue weighted by Crippen LogP contribution is 2.71. The summed E-state index contributed by atoms with van der Waals surface area (Å²) < 4.78 is 6.82. The second-order valence-electron chi connectivity index (χ2n) is 15.2. The van der Waals surface area contributed by atoms with E-state index in [-0.39, 0.29) is 0 Å². The maximum absolute atomic E-state index is 6.82. The molecule has 2 heterocycles. The van der Waals surface area contributed by atoms with Crippen LogP contribution in [0.4, 0.5) is 28.4 Å².